The highest BCUT2D eigenvalue weighted by Crippen LogP contribution is 2.23. The lowest BCUT2D eigenvalue weighted by atomic mass is 10.1. The van der Waals surface area contributed by atoms with Crippen molar-refractivity contribution in [3.63, 3.8) is 0 Å². The minimum Gasteiger partial charge on any atom is -0.457 e. The van der Waals surface area contributed by atoms with Gasteiger partial charge < -0.3 is 10.5 Å². The maximum atomic E-state index is 13.0. The molecular weight excluding hydrogens is 236 g/mol. The van der Waals surface area contributed by atoms with E-state index < -0.39 is 11.6 Å². The molecule has 18 heavy (non-hydrogen) atoms. The van der Waals surface area contributed by atoms with E-state index in [1.165, 1.54) is 6.07 Å². The third-order valence-electron chi connectivity index (χ3n) is 2.48. The lowest BCUT2D eigenvalue weighted by Gasteiger charge is -2.06. The van der Waals surface area contributed by atoms with Gasteiger partial charge >= 0.3 is 0 Å². The zero-order valence-corrected chi connectivity index (χ0v) is 9.70. The molecule has 2 aromatic carbocycles. The quantitative estimate of drug-likeness (QED) is 0.902. The number of ether oxygens (including phenoxy) is 1. The summed E-state index contributed by atoms with van der Waals surface area (Å²) in [7, 11) is 0. The zero-order valence-electron chi connectivity index (χ0n) is 9.70. The van der Waals surface area contributed by atoms with Crippen molar-refractivity contribution in [1.29, 1.82) is 0 Å². The van der Waals surface area contributed by atoms with E-state index in [9.17, 15) is 8.78 Å². The second-order valence-electron chi connectivity index (χ2n) is 3.86. The Morgan fingerprint density at radius 1 is 0.889 bits per heavy atom. The largest absolute Gasteiger partial charge is 0.457 e. The molecule has 2 aromatic rings. The molecule has 0 aliphatic carbocycles. The van der Waals surface area contributed by atoms with Gasteiger partial charge in [0.1, 0.15) is 11.5 Å². The zero-order chi connectivity index (χ0) is 13.0. The number of benzene rings is 2. The standard InChI is InChI=1S/C14H13F2NO/c15-13-6-5-12(9-14(13)16)18-11-3-1-10(2-4-11)7-8-17/h1-6,9H,7-8,17H2. The predicted octanol–water partition coefficient (Wildman–Crippen LogP) is 3.26. The van der Waals surface area contributed by atoms with E-state index in [0.717, 1.165) is 24.1 Å². The summed E-state index contributed by atoms with van der Waals surface area (Å²) in [4.78, 5) is 0. The van der Waals surface area contributed by atoms with E-state index in [4.69, 9.17) is 10.5 Å². The normalized spacial score (nSPS) is 10.4. The summed E-state index contributed by atoms with van der Waals surface area (Å²) < 4.78 is 31.1. The molecule has 0 aromatic heterocycles. The fourth-order valence-corrected chi connectivity index (χ4v) is 1.57. The smallest absolute Gasteiger partial charge is 0.162 e. The Kier molecular flexibility index (Phi) is 3.89. The molecule has 0 saturated carbocycles. The van der Waals surface area contributed by atoms with Crippen LogP contribution >= 0.6 is 0 Å². The fourth-order valence-electron chi connectivity index (χ4n) is 1.57. The van der Waals surface area contributed by atoms with Gasteiger partial charge in [0.05, 0.1) is 0 Å². The van der Waals surface area contributed by atoms with E-state index in [0.29, 0.717) is 12.3 Å². The molecule has 0 saturated heterocycles. The molecular formula is C14H13F2NO. The third-order valence-corrected chi connectivity index (χ3v) is 2.48. The van der Waals surface area contributed by atoms with Crippen LogP contribution in [0, 0.1) is 11.6 Å². The minimum absolute atomic E-state index is 0.264. The van der Waals surface area contributed by atoms with Gasteiger partial charge in [-0.1, -0.05) is 12.1 Å². The molecule has 4 heteroatoms. The Balaban J connectivity index is 2.10. The first-order chi connectivity index (χ1) is 8.69. The Morgan fingerprint density at radius 2 is 1.56 bits per heavy atom. The Labute approximate surface area is 104 Å². The summed E-state index contributed by atoms with van der Waals surface area (Å²) in [5.41, 5.74) is 6.55. The summed E-state index contributed by atoms with van der Waals surface area (Å²) in [6.07, 6.45) is 0.797. The van der Waals surface area contributed by atoms with Crippen LogP contribution in [-0.2, 0) is 6.42 Å². The average Bonchev–Trinajstić information content (AvgIpc) is 2.37. The minimum atomic E-state index is -0.924. The fraction of sp³-hybridized carbons (Fsp3) is 0.143. The van der Waals surface area contributed by atoms with E-state index in [1.807, 2.05) is 12.1 Å². The SMILES string of the molecule is NCCc1ccc(Oc2ccc(F)c(F)c2)cc1. The lowest BCUT2D eigenvalue weighted by molar-refractivity contribution is 0.461. The lowest BCUT2D eigenvalue weighted by Crippen LogP contribution is -2.02. The van der Waals surface area contributed by atoms with Gasteiger partial charge in [0, 0.05) is 6.07 Å². The van der Waals surface area contributed by atoms with Crippen LogP contribution < -0.4 is 10.5 Å². The van der Waals surface area contributed by atoms with Crippen LogP contribution in [0.1, 0.15) is 5.56 Å². The van der Waals surface area contributed by atoms with Gasteiger partial charge in [-0.05, 0) is 42.8 Å². The van der Waals surface area contributed by atoms with E-state index in [2.05, 4.69) is 0 Å². The van der Waals surface area contributed by atoms with Gasteiger partial charge in [0.2, 0.25) is 0 Å². The van der Waals surface area contributed by atoms with Crippen molar-refractivity contribution < 1.29 is 13.5 Å². The van der Waals surface area contributed by atoms with E-state index >= 15 is 0 Å². The van der Waals surface area contributed by atoms with Crippen LogP contribution in [0.4, 0.5) is 8.78 Å². The van der Waals surface area contributed by atoms with Gasteiger partial charge in [-0.15, -0.1) is 0 Å². The molecule has 0 radical (unpaired) electrons. The van der Waals surface area contributed by atoms with Crippen LogP contribution in [0.5, 0.6) is 11.5 Å². The summed E-state index contributed by atoms with van der Waals surface area (Å²) >= 11 is 0. The Morgan fingerprint density at radius 3 is 2.17 bits per heavy atom. The first-order valence-electron chi connectivity index (χ1n) is 5.61. The molecule has 94 valence electrons. The van der Waals surface area contributed by atoms with Crippen LogP contribution in [-0.4, -0.2) is 6.54 Å². The van der Waals surface area contributed by atoms with Crippen LogP contribution in [0.15, 0.2) is 42.5 Å². The van der Waals surface area contributed by atoms with Crippen molar-refractivity contribution in [2.24, 2.45) is 5.73 Å². The molecule has 0 aliphatic rings. The van der Waals surface area contributed by atoms with Crippen LogP contribution in [0.2, 0.25) is 0 Å². The van der Waals surface area contributed by atoms with Gasteiger partial charge in [0.15, 0.2) is 11.6 Å². The average molecular weight is 249 g/mol. The van der Waals surface area contributed by atoms with Crippen molar-refractivity contribution in [1.82, 2.24) is 0 Å². The highest BCUT2D eigenvalue weighted by Gasteiger charge is 2.04. The molecule has 0 bridgehead atoms. The molecule has 0 atom stereocenters. The molecule has 2 nitrogen and oxygen atoms in total. The van der Waals surface area contributed by atoms with Gasteiger partial charge in [-0.3, -0.25) is 0 Å². The summed E-state index contributed by atoms with van der Waals surface area (Å²) in [6.45, 7) is 0.587. The summed E-state index contributed by atoms with van der Waals surface area (Å²) in [5, 5.41) is 0. The van der Waals surface area contributed by atoms with Gasteiger partial charge in [0.25, 0.3) is 0 Å². The second-order valence-corrected chi connectivity index (χ2v) is 3.86. The van der Waals surface area contributed by atoms with Crippen molar-refractivity contribution >= 4 is 0 Å². The molecule has 0 spiro atoms. The Bertz CT molecular complexity index is 526. The first-order valence-corrected chi connectivity index (χ1v) is 5.61. The van der Waals surface area contributed by atoms with Crippen LogP contribution in [0.3, 0.4) is 0 Å². The van der Waals surface area contributed by atoms with Crippen molar-refractivity contribution in [2.45, 2.75) is 6.42 Å². The molecule has 2 rings (SSSR count). The molecule has 0 unspecified atom stereocenters. The molecule has 0 amide bonds. The Hall–Kier alpha value is -1.94. The van der Waals surface area contributed by atoms with E-state index in [-0.39, 0.29) is 5.75 Å². The van der Waals surface area contributed by atoms with Crippen molar-refractivity contribution in [3.05, 3.63) is 59.7 Å². The highest BCUT2D eigenvalue weighted by atomic mass is 19.2. The number of hydrogen-bond acceptors (Lipinski definition) is 2. The van der Waals surface area contributed by atoms with Gasteiger partial charge in [-0.2, -0.15) is 0 Å². The monoisotopic (exact) mass is 249 g/mol. The maximum Gasteiger partial charge on any atom is 0.162 e. The summed E-state index contributed by atoms with van der Waals surface area (Å²) in [6, 6.07) is 10.8. The molecule has 0 fully saturated rings. The molecule has 2 N–H and O–H groups in total. The third kappa shape index (κ3) is 3.05. The second kappa shape index (κ2) is 5.60. The summed E-state index contributed by atoms with van der Waals surface area (Å²) in [5.74, 6) is -0.977. The van der Waals surface area contributed by atoms with Crippen LogP contribution in [0.25, 0.3) is 0 Å². The topological polar surface area (TPSA) is 35.2 Å². The number of nitrogens with two attached hydrogens (primary N) is 1. The highest BCUT2D eigenvalue weighted by molar-refractivity contribution is 5.33. The molecule has 0 aliphatic heterocycles. The van der Waals surface area contributed by atoms with E-state index in [1.54, 1.807) is 12.1 Å². The van der Waals surface area contributed by atoms with Gasteiger partial charge in [-0.25, -0.2) is 8.78 Å². The molecule has 0 heterocycles. The number of hydrogen-bond donors (Lipinski definition) is 1. The van der Waals surface area contributed by atoms with Crippen molar-refractivity contribution in [2.75, 3.05) is 6.54 Å². The number of halogens is 2. The van der Waals surface area contributed by atoms with Crippen molar-refractivity contribution in [3.8, 4) is 11.5 Å². The number of rotatable bonds is 4. The predicted molar refractivity (Wildman–Crippen MR) is 65.6 cm³/mol. The first kappa shape index (κ1) is 12.5. The maximum absolute atomic E-state index is 13.0.